The molecule has 0 aromatic carbocycles. The van der Waals surface area contributed by atoms with E-state index in [4.69, 9.17) is 0 Å². The summed E-state index contributed by atoms with van der Waals surface area (Å²) in [6.07, 6.45) is 4.28. The van der Waals surface area contributed by atoms with E-state index in [0.717, 1.165) is 18.2 Å². The summed E-state index contributed by atoms with van der Waals surface area (Å²) >= 11 is 0. The van der Waals surface area contributed by atoms with Crippen LogP contribution in [0.15, 0.2) is 18.3 Å². The number of methoxy groups -OCH3 is 1. The monoisotopic (exact) mass is 248 g/mol. The van der Waals surface area contributed by atoms with Gasteiger partial charge in [0.05, 0.1) is 18.4 Å². The molecule has 1 unspecified atom stereocenters. The molecule has 0 amide bonds. The maximum atomic E-state index is 11.3. The summed E-state index contributed by atoms with van der Waals surface area (Å²) < 4.78 is 4.65. The van der Waals surface area contributed by atoms with Gasteiger partial charge in [0, 0.05) is 18.8 Å². The largest absolute Gasteiger partial charge is 0.465 e. The van der Waals surface area contributed by atoms with Gasteiger partial charge in [-0.05, 0) is 44.9 Å². The summed E-state index contributed by atoms with van der Waals surface area (Å²) in [6, 6.07) is 4.26. The fraction of sp³-hybridized carbons (Fsp3) is 0.571. The highest BCUT2D eigenvalue weighted by atomic mass is 16.5. The van der Waals surface area contributed by atoms with Gasteiger partial charge in [0.1, 0.15) is 0 Å². The smallest absolute Gasteiger partial charge is 0.339 e. The average Bonchev–Trinajstić information content (AvgIpc) is 3.22. The van der Waals surface area contributed by atoms with Crippen LogP contribution < -0.4 is 0 Å². The van der Waals surface area contributed by atoms with Crippen LogP contribution in [0, 0.1) is 5.92 Å². The van der Waals surface area contributed by atoms with E-state index in [1.54, 1.807) is 12.3 Å². The Bertz CT molecular complexity index is 412. The highest BCUT2D eigenvalue weighted by Crippen LogP contribution is 2.34. The van der Waals surface area contributed by atoms with E-state index in [-0.39, 0.29) is 5.97 Å². The lowest BCUT2D eigenvalue weighted by Gasteiger charge is -2.24. The number of pyridine rings is 1. The molecule has 18 heavy (non-hydrogen) atoms. The standard InChI is InChI=1S/C14H20N2O2/c1-10(11-4-5-11)16(2)9-13-7-6-12(8-15-13)14(17)18-3/h6-8,10-11H,4-5,9H2,1-3H3. The molecule has 98 valence electrons. The van der Waals surface area contributed by atoms with Gasteiger partial charge in [-0.15, -0.1) is 0 Å². The summed E-state index contributed by atoms with van der Waals surface area (Å²) in [6.45, 7) is 3.08. The molecule has 0 N–H and O–H groups in total. The minimum absolute atomic E-state index is 0.339. The Morgan fingerprint density at radius 1 is 1.56 bits per heavy atom. The van der Waals surface area contributed by atoms with E-state index in [9.17, 15) is 4.79 Å². The van der Waals surface area contributed by atoms with Crippen molar-refractivity contribution in [3.05, 3.63) is 29.6 Å². The number of carbonyl (C=O) groups excluding carboxylic acids is 1. The number of hydrogen-bond acceptors (Lipinski definition) is 4. The van der Waals surface area contributed by atoms with Gasteiger partial charge in [0.25, 0.3) is 0 Å². The van der Waals surface area contributed by atoms with Crippen molar-refractivity contribution in [2.45, 2.75) is 32.4 Å². The number of nitrogens with zero attached hydrogens (tertiary/aromatic N) is 2. The molecule has 0 bridgehead atoms. The van der Waals surface area contributed by atoms with Gasteiger partial charge >= 0.3 is 5.97 Å². The Kier molecular flexibility index (Phi) is 3.97. The van der Waals surface area contributed by atoms with Gasteiger partial charge in [-0.3, -0.25) is 9.88 Å². The van der Waals surface area contributed by atoms with Gasteiger partial charge < -0.3 is 4.74 Å². The van der Waals surface area contributed by atoms with Crippen LogP contribution >= 0.6 is 0 Å². The number of aromatic nitrogens is 1. The molecule has 1 aromatic rings. The average molecular weight is 248 g/mol. The second-order valence-electron chi connectivity index (χ2n) is 5.02. The third-order valence-electron chi connectivity index (χ3n) is 3.66. The molecule has 1 aromatic heterocycles. The molecule has 4 heteroatoms. The molecule has 1 aliphatic rings. The van der Waals surface area contributed by atoms with Crippen molar-refractivity contribution in [2.24, 2.45) is 5.92 Å². The van der Waals surface area contributed by atoms with E-state index in [0.29, 0.717) is 11.6 Å². The molecule has 1 fully saturated rings. The molecule has 1 atom stereocenters. The fourth-order valence-corrected chi connectivity index (χ4v) is 2.09. The van der Waals surface area contributed by atoms with Crippen molar-refractivity contribution in [3.8, 4) is 0 Å². The maximum Gasteiger partial charge on any atom is 0.339 e. The van der Waals surface area contributed by atoms with Crippen molar-refractivity contribution < 1.29 is 9.53 Å². The third-order valence-corrected chi connectivity index (χ3v) is 3.66. The van der Waals surface area contributed by atoms with E-state index in [1.807, 2.05) is 6.07 Å². The summed E-state index contributed by atoms with van der Waals surface area (Å²) in [4.78, 5) is 17.9. The SMILES string of the molecule is COC(=O)c1ccc(CN(C)C(C)C2CC2)nc1. The number of hydrogen-bond donors (Lipinski definition) is 0. The number of ether oxygens (including phenoxy) is 1. The minimum atomic E-state index is -0.339. The van der Waals surface area contributed by atoms with Gasteiger partial charge in [-0.1, -0.05) is 0 Å². The second-order valence-corrected chi connectivity index (χ2v) is 5.02. The van der Waals surface area contributed by atoms with Crippen molar-refractivity contribution in [3.63, 3.8) is 0 Å². The highest BCUT2D eigenvalue weighted by molar-refractivity contribution is 5.88. The lowest BCUT2D eigenvalue weighted by atomic mass is 10.2. The summed E-state index contributed by atoms with van der Waals surface area (Å²) in [5.74, 6) is 0.512. The molecule has 4 nitrogen and oxygen atoms in total. The number of carbonyl (C=O) groups is 1. The molecular weight excluding hydrogens is 228 g/mol. The molecule has 1 heterocycles. The van der Waals surface area contributed by atoms with Gasteiger partial charge in [0.2, 0.25) is 0 Å². The van der Waals surface area contributed by atoms with Crippen LogP contribution in [-0.2, 0) is 11.3 Å². The van der Waals surface area contributed by atoms with E-state index >= 15 is 0 Å². The quantitative estimate of drug-likeness (QED) is 0.748. The van der Waals surface area contributed by atoms with Crippen molar-refractivity contribution >= 4 is 5.97 Å². The van der Waals surface area contributed by atoms with E-state index in [2.05, 4.69) is 28.6 Å². The summed E-state index contributed by atoms with van der Waals surface area (Å²) in [7, 11) is 3.50. The molecule has 0 spiro atoms. The van der Waals surface area contributed by atoms with Crippen LogP contribution in [0.3, 0.4) is 0 Å². The van der Waals surface area contributed by atoms with Crippen LogP contribution in [0.5, 0.6) is 0 Å². The van der Waals surface area contributed by atoms with Crippen LogP contribution in [0.25, 0.3) is 0 Å². The summed E-state index contributed by atoms with van der Waals surface area (Å²) in [5.41, 5.74) is 1.48. The minimum Gasteiger partial charge on any atom is -0.465 e. The zero-order valence-corrected chi connectivity index (χ0v) is 11.2. The van der Waals surface area contributed by atoms with Crippen LogP contribution in [0.1, 0.15) is 35.8 Å². The van der Waals surface area contributed by atoms with Gasteiger partial charge in [0.15, 0.2) is 0 Å². The first-order valence-electron chi connectivity index (χ1n) is 6.35. The molecule has 1 aliphatic carbocycles. The van der Waals surface area contributed by atoms with Crippen LogP contribution in [-0.4, -0.2) is 36.1 Å². The van der Waals surface area contributed by atoms with Crippen LogP contribution in [0.4, 0.5) is 0 Å². The second kappa shape index (κ2) is 5.48. The number of esters is 1. The first kappa shape index (κ1) is 13.0. The van der Waals surface area contributed by atoms with Crippen molar-refractivity contribution in [2.75, 3.05) is 14.2 Å². The molecule has 0 aliphatic heterocycles. The Morgan fingerprint density at radius 3 is 2.78 bits per heavy atom. The van der Waals surface area contributed by atoms with Crippen molar-refractivity contribution in [1.82, 2.24) is 9.88 Å². The molecule has 0 radical (unpaired) electrons. The predicted molar refractivity (Wildman–Crippen MR) is 69.2 cm³/mol. The van der Waals surface area contributed by atoms with Gasteiger partial charge in [-0.2, -0.15) is 0 Å². The zero-order valence-electron chi connectivity index (χ0n) is 11.2. The number of rotatable bonds is 5. The molecule has 2 rings (SSSR count). The maximum absolute atomic E-state index is 11.3. The van der Waals surface area contributed by atoms with E-state index in [1.165, 1.54) is 20.0 Å². The first-order valence-corrected chi connectivity index (χ1v) is 6.35. The lowest BCUT2D eigenvalue weighted by Crippen LogP contribution is -2.30. The predicted octanol–water partition coefficient (Wildman–Crippen LogP) is 2.10. The Hall–Kier alpha value is -1.42. The normalized spacial score (nSPS) is 16.7. The third kappa shape index (κ3) is 3.07. The molecule has 0 saturated heterocycles. The lowest BCUT2D eigenvalue weighted by molar-refractivity contribution is 0.0600. The topological polar surface area (TPSA) is 42.4 Å². The summed E-state index contributed by atoms with van der Waals surface area (Å²) in [5, 5.41) is 0. The molecule has 1 saturated carbocycles. The highest BCUT2D eigenvalue weighted by Gasteiger charge is 2.30. The Balaban J connectivity index is 1.95. The molecular formula is C14H20N2O2. The van der Waals surface area contributed by atoms with Gasteiger partial charge in [-0.25, -0.2) is 4.79 Å². The van der Waals surface area contributed by atoms with E-state index < -0.39 is 0 Å². The first-order chi connectivity index (χ1) is 8.61. The fourth-order valence-electron chi connectivity index (χ4n) is 2.09. The Morgan fingerprint density at radius 2 is 2.28 bits per heavy atom. The van der Waals surface area contributed by atoms with Crippen LogP contribution in [0.2, 0.25) is 0 Å². The van der Waals surface area contributed by atoms with Crippen molar-refractivity contribution in [1.29, 1.82) is 0 Å². The Labute approximate surface area is 108 Å². The zero-order chi connectivity index (χ0) is 13.1.